The molecule has 0 radical (unpaired) electrons. The molecular weight excluding hydrogens is 196 g/mol. The Balaban J connectivity index is 4.71. The SMILES string of the molecule is CC=CC=C[Si](C=CC=CC)(CC)CC. The normalized spacial score (nSPS) is 14.1. The molecule has 0 fully saturated rings. The third kappa shape index (κ3) is 5.58. The second-order valence-electron chi connectivity index (χ2n) is 3.71. The molecule has 15 heavy (non-hydrogen) atoms. The second-order valence-corrected chi connectivity index (χ2v) is 8.26. The van der Waals surface area contributed by atoms with Crippen LogP contribution >= 0.6 is 0 Å². The van der Waals surface area contributed by atoms with Crippen LogP contribution in [0.3, 0.4) is 0 Å². The highest BCUT2D eigenvalue weighted by Gasteiger charge is 2.21. The van der Waals surface area contributed by atoms with E-state index < -0.39 is 8.07 Å². The van der Waals surface area contributed by atoms with Crippen molar-refractivity contribution >= 4 is 8.07 Å². The quantitative estimate of drug-likeness (QED) is 0.445. The molecule has 0 heterocycles. The van der Waals surface area contributed by atoms with Crippen molar-refractivity contribution in [1.82, 2.24) is 0 Å². The molecule has 0 rings (SSSR count). The fraction of sp³-hybridized carbons (Fsp3) is 0.429. The first kappa shape index (κ1) is 14.2. The average molecular weight is 220 g/mol. The summed E-state index contributed by atoms with van der Waals surface area (Å²) in [5, 5.41) is 0. The third-order valence-electron chi connectivity index (χ3n) is 2.78. The van der Waals surface area contributed by atoms with Gasteiger partial charge in [-0.1, -0.05) is 73.8 Å². The van der Waals surface area contributed by atoms with Gasteiger partial charge in [0.1, 0.15) is 8.07 Å². The van der Waals surface area contributed by atoms with Gasteiger partial charge in [0.2, 0.25) is 0 Å². The predicted molar refractivity (Wildman–Crippen MR) is 74.6 cm³/mol. The summed E-state index contributed by atoms with van der Waals surface area (Å²) in [6.07, 6.45) is 12.8. The Kier molecular flexibility index (Phi) is 8.02. The van der Waals surface area contributed by atoms with Gasteiger partial charge >= 0.3 is 0 Å². The molecule has 0 aliphatic rings. The van der Waals surface area contributed by atoms with Gasteiger partial charge in [-0.05, 0) is 13.8 Å². The topological polar surface area (TPSA) is 0 Å². The molecule has 0 aliphatic carbocycles. The van der Waals surface area contributed by atoms with Gasteiger partial charge in [0.15, 0.2) is 0 Å². The van der Waals surface area contributed by atoms with E-state index in [1.165, 1.54) is 12.1 Å². The zero-order valence-electron chi connectivity index (χ0n) is 10.5. The van der Waals surface area contributed by atoms with Crippen LogP contribution in [0, 0.1) is 0 Å². The molecule has 0 N–H and O–H groups in total. The van der Waals surface area contributed by atoms with Crippen molar-refractivity contribution in [2.45, 2.75) is 39.8 Å². The van der Waals surface area contributed by atoms with Crippen LogP contribution in [0.4, 0.5) is 0 Å². The third-order valence-corrected chi connectivity index (χ3v) is 7.13. The van der Waals surface area contributed by atoms with E-state index in [1.807, 2.05) is 0 Å². The molecule has 0 aliphatic heterocycles. The van der Waals surface area contributed by atoms with Crippen molar-refractivity contribution in [3.8, 4) is 0 Å². The Bertz CT molecular complexity index is 229. The van der Waals surface area contributed by atoms with Gasteiger partial charge in [-0.25, -0.2) is 0 Å². The van der Waals surface area contributed by atoms with Gasteiger partial charge in [0, 0.05) is 0 Å². The lowest BCUT2D eigenvalue weighted by molar-refractivity contribution is 1.29. The summed E-state index contributed by atoms with van der Waals surface area (Å²) in [5.41, 5.74) is 4.88. The van der Waals surface area contributed by atoms with Gasteiger partial charge in [0.05, 0.1) is 0 Å². The lowest BCUT2D eigenvalue weighted by Crippen LogP contribution is -2.27. The van der Waals surface area contributed by atoms with E-state index in [4.69, 9.17) is 0 Å². The Morgan fingerprint density at radius 3 is 1.40 bits per heavy atom. The Labute approximate surface area is 96.1 Å². The molecule has 84 valence electrons. The van der Waals surface area contributed by atoms with Gasteiger partial charge in [0.25, 0.3) is 0 Å². The number of hydrogen-bond donors (Lipinski definition) is 0. The van der Waals surface area contributed by atoms with Gasteiger partial charge in [-0.2, -0.15) is 0 Å². The highest BCUT2D eigenvalue weighted by molar-refractivity contribution is 6.88. The monoisotopic (exact) mass is 220 g/mol. The predicted octanol–water partition coefficient (Wildman–Crippen LogP) is 4.82. The zero-order valence-corrected chi connectivity index (χ0v) is 11.5. The minimum absolute atomic E-state index is 1.28. The highest BCUT2D eigenvalue weighted by Crippen LogP contribution is 2.18. The standard InChI is InChI=1S/C14H24Si/c1-5-9-11-13-15(7-3,8-4)14-12-10-6-2/h5-6,9-14H,7-8H2,1-4H3. The van der Waals surface area contributed by atoms with Crippen molar-refractivity contribution in [1.29, 1.82) is 0 Å². The largest absolute Gasteiger partial charge is 0.101 e. The van der Waals surface area contributed by atoms with Crippen molar-refractivity contribution in [3.63, 3.8) is 0 Å². The maximum absolute atomic E-state index is 2.44. The summed E-state index contributed by atoms with van der Waals surface area (Å²) in [7, 11) is -1.28. The lowest BCUT2D eigenvalue weighted by Gasteiger charge is -2.20. The van der Waals surface area contributed by atoms with Crippen LogP contribution in [0.5, 0.6) is 0 Å². The molecule has 0 aromatic rings. The Hall–Kier alpha value is -0.823. The average Bonchev–Trinajstić information content (AvgIpc) is 2.28. The van der Waals surface area contributed by atoms with E-state index in [-0.39, 0.29) is 0 Å². The molecule has 0 spiro atoms. The molecule has 0 saturated heterocycles. The summed E-state index contributed by atoms with van der Waals surface area (Å²) < 4.78 is 0. The van der Waals surface area contributed by atoms with Crippen LogP contribution in [0.2, 0.25) is 12.1 Å². The highest BCUT2D eigenvalue weighted by atomic mass is 28.3. The Morgan fingerprint density at radius 1 is 0.733 bits per heavy atom. The smallest absolute Gasteiger partial charge is 0.0904 e. The van der Waals surface area contributed by atoms with Crippen LogP contribution in [-0.4, -0.2) is 8.07 Å². The van der Waals surface area contributed by atoms with Gasteiger partial charge in [-0.15, -0.1) is 0 Å². The van der Waals surface area contributed by atoms with E-state index in [1.54, 1.807) is 0 Å². The molecule has 1 heteroatoms. The van der Waals surface area contributed by atoms with Crippen molar-refractivity contribution in [3.05, 3.63) is 47.9 Å². The van der Waals surface area contributed by atoms with E-state index in [2.05, 4.69) is 75.5 Å². The van der Waals surface area contributed by atoms with Crippen LogP contribution in [0.1, 0.15) is 27.7 Å². The second kappa shape index (κ2) is 8.48. The molecule has 0 atom stereocenters. The first-order chi connectivity index (χ1) is 7.24. The molecule has 0 unspecified atom stereocenters. The van der Waals surface area contributed by atoms with Crippen LogP contribution in [-0.2, 0) is 0 Å². The molecule has 0 saturated carbocycles. The first-order valence-corrected chi connectivity index (χ1v) is 8.42. The molecule has 0 amide bonds. The summed E-state index contributed by atoms with van der Waals surface area (Å²) in [4.78, 5) is 0. The van der Waals surface area contributed by atoms with E-state index in [0.29, 0.717) is 0 Å². The van der Waals surface area contributed by atoms with E-state index in [0.717, 1.165) is 0 Å². The maximum atomic E-state index is 2.44. The molecule has 0 aromatic carbocycles. The molecule has 0 nitrogen and oxygen atoms in total. The fourth-order valence-corrected chi connectivity index (χ4v) is 4.04. The fourth-order valence-electron chi connectivity index (χ4n) is 1.49. The van der Waals surface area contributed by atoms with Crippen molar-refractivity contribution in [2.24, 2.45) is 0 Å². The van der Waals surface area contributed by atoms with Gasteiger partial charge in [-0.3, -0.25) is 0 Å². The van der Waals surface area contributed by atoms with E-state index >= 15 is 0 Å². The number of hydrogen-bond acceptors (Lipinski definition) is 0. The first-order valence-electron chi connectivity index (χ1n) is 5.85. The molecule has 0 bridgehead atoms. The summed E-state index contributed by atoms with van der Waals surface area (Å²) in [5.74, 6) is 0. The summed E-state index contributed by atoms with van der Waals surface area (Å²) >= 11 is 0. The molecule has 0 aromatic heterocycles. The summed E-state index contributed by atoms with van der Waals surface area (Å²) in [6, 6.07) is 2.57. The van der Waals surface area contributed by atoms with Crippen molar-refractivity contribution in [2.75, 3.05) is 0 Å². The maximum Gasteiger partial charge on any atom is 0.101 e. The van der Waals surface area contributed by atoms with Crippen molar-refractivity contribution < 1.29 is 0 Å². The number of rotatable bonds is 6. The van der Waals surface area contributed by atoms with Crippen LogP contribution < -0.4 is 0 Å². The summed E-state index contributed by atoms with van der Waals surface area (Å²) in [6.45, 7) is 8.72. The zero-order chi connectivity index (χ0) is 11.6. The van der Waals surface area contributed by atoms with E-state index in [9.17, 15) is 0 Å². The van der Waals surface area contributed by atoms with Gasteiger partial charge < -0.3 is 0 Å². The minimum atomic E-state index is -1.28. The Morgan fingerprint density at radius 2 is 1.13 bits per heavy atom. The minimum Gasteiger partial charge on any atom is -0.0904 e. The lowest BCUT2D eigenvalue weighted by atomic mass is 10.5. The van der Waals surface area contributed by atoms with Crippen LogP contribution in [0.15, 0.2) is 47.9 Å². The molecular formula is C14H24Si. The van der Waals surface area contributed by atoms with Crippen LogP contribution in [0.25, 0.3) is 0 Å². The number of allylic oxidation sites excluding steroid dienone is 6.